The molecule has 2 aliphatic heterocycles. The van der Waals surface area contributed by atoms with Crippen molar-refractivity contribution in [2.45, 2.75) is 51.4 Å². The molecule has 8 rings (SSSR count). The fraction of sp³-hybridized carbons (Fsp3) is 0.178. The molecular weight excluding hydrogens is 629 g/mol. The monoisotopic (exact) mass is 666 g/mol. The number of fused-ring (bicyclic) bond motifs is 8. The van der Waals surface area contributed by atoms with Crippen LogP contribution in [0.15, 0.2) is 115 Å². The summed E-state index contributed by atoms with van der Waals surface area (Å²) < 4.78 is 0. The summed E-state index contributed by atoms with van der Waals surface area (Å²) in [5.74, 6) is 5.85. The third kappa shape index (κ3) is 6.02. The number of aromatic carboxylic acids is 1. The van der Waals surface area contributed by atoms with E-state index in [9.17, 15) is 9.90 Å². The first-order valence-corrected chi connectivity index (χ1v) is 17.3. The predicted octanol–water partition coefficient (Wildman–Crippen LogP) is 9.79. The number of rotatable bonds is 3. The zero-order valence-corrected chi connectivity index (χ0v) is 29.1. The maximum Gasteiger partial charge on any atom is 0.335 e. The van der Waals surface area contributed by atoms with Gasteiger partial charge in [-0.1, -0.05) is 100 Å². The molecular formula is C45H38N4O2. The van der Waals surface area contributed by atoms with Gasteiger partial charge in [-0.05, 0) is 65.7 Å². The summed E-state index contributed by atoms with van der Waals surface area (Å²) >= 11 is 0. The molecule has 0 spiro atoms. The number of carbonyl (C=O) groups is 1. The number of aromatic nitrogens is 4. The molecule has 0 amide bonds. The van der Waals surface area contributed by atoms with Gasteiger partial charge in [0.15, 0.2) is 0 Å². The molecule has 0 saturated carbocycles. The number of benzene rings is 3. The van der Waals surface area contributed by atoms with Crippen molar-refractivity contribution in [2.24, 2.45) is 0 Å². The lowest BCUT2D eigenvalue weighted by Gasteiger charge is -2.20. The van der Waals surface area contributed by atoms with E-state index >= 15 is 0 Å². The summed E-state index contributed by atoms with van der Waals surface area (Å²) in [5.41, 5.74) is 13.3. The van der Waals surface area contributed by atoms with E-state index in [0.717, 1.165) is 84.6 Å². The minimum Gasteiger partial charge on any atom is -0.478 e. The van der Waals surface area contributed by atoms with Crippen LogP contribution in [0.5, 0.6) is 0 Å². The highest BCUT2D eigenvalue weighted by Gasteiger charge is 2.34. The van der Waals surface area contributed by atoms with E-state index < -0.39 is 5.97 Å². The van der Waals surface area contributed by atoms with Gasteiger partial charge in [-0.15, -0.1) is 0 Å². The van der Waals surface area contributed by atoms with E-state index in [0.29, 0.717) is 6.42 Å². The third-order valence-corrected chi connectivity index (χ3v) is 9.89. The van der Waals surface area contributed by atoms with Crippen molar-refractivity contribution in [3.05, 3.63) is 155 Å². The van der Waals surface area contributed by atoms with Crippen LogP contribution in [0.2, 0.25) is 0 Å². The van der Waals surface area contributed by atoms with Crippen molar-refractivity contribution >= 4 is 28.0 Å². The molecule has 3 aromatic heterocycles. The number of carboxylic acid groups (broad SMARTS) is 1. The minimum atomic E-state index is -0.964. The van der Waals surface area contributed by atoms with Gasteiger partial charge in [-0.25, -0.2) is 4.79 Å². The van der Waals surface area contributed by atoms with Gasteiger partial charge < -0.3 is 15.1 Å². The second-order valence-corrected chi connectivity index (χ2v) is 14.7. The van der Waals surface area contributed by atoms with Crippen LogP contribution in [0.1, 0.15) is 72.0 Å². The first kappa shape index (κ1) is 32.0. The van der Waals surface area contributed by atoms with Crippen molar-refractivity contribution in [2.75, 3.05) is 0 Å². The Morgan fingerprint density at radius 2 is 1.22 bits per heavy atom. The molecule has 5 heterocycles. The van der Waals surface area contributed by atoms with Crippen molar-refractivity contribution < 1.29 is 9.90 Å². The fourth-order valence-electron chi connectivity index (χ4n) is 7.40. The summed E-state index contributed by atoms with van der Waals surface area (Å²) in [6.45, 7) is 9.02. The zero-order chi connectivity index (χ0) is 35.3. The summed E-state index contributed by atoms with van der Waals surface area (Å²) in [4.78, 5) is 29.8. The quantitative estimate of drug-likeness (QED) is 0.164. The van der Waals surface area contributed by atoms with E-state index in [1.54, 1.807) is 24.3 Å². The standard InChI is InChI=1S/C45H38N4O2/c1-44(2)26-33-25-32-20-22-36(46-32)39(29-11-7-5-8-12-29)42-45(3,4)27-38(49-42)34(21-17-28-15-18-31(19-16-28)43(50)51)35-23-24-37(48-35)40(41(44)47-33)30-13-9-6-10-14-30/h5-16,18-20,22-25,46,48H,26-27H2,1-4H3,(H,50,51). The SMILES string of the molecule is CC1(C)Cc2nc1c(-c1ccccc1)c1ccc(cc3nc(c(-c4ccccc4)c4ccc([nH]4)c2C#Cc2ccc(C(=O)O)cc2)C(C)(C)C3)[nH]1. The maximum atomic E-state index is 11.5. The van der Waals surface area contributed by atoms with Crippen molar-refractivity contribution in [1.82, 2.24) is 19.9 Å². The van der Waals surface area contributed by atoms with Gasteiger partial charge in [0, 0.05) is 62.6 Å². The molecule has 6 nitrogen and oxygen atoms in total. The Bertz CT molecular complexity index is 2510. The molecule has 0 saturated heterocycles. The topological polar surface area (TPSA) is 94.7 Å². The number of aromatic amines is 2. The molecule has 51 heavy (non-hydrogen) atoms. The highest BCUT2D eigenvalue weighted by atomic mass is 16.4. The van der Waals surface area contributed by atoms with Gasteiger partial charge in [0.1, 0.15) is 0 Å². The molecule has 0 atom stereocenters. The highest BCUT2D eigenvalue weighted by molar-refractivity contribution is 5.88. The van der Waals surface area contributed by atoms with Gasteiger partial charge in [0.25, 0.3) is 0 Å². The summed E-state index contributed by atoms with van der Waals surface area (Å²) in [7, 11) is 0. The van der Waals surface area contributed by atoms with Crippen LogP contribution in [0.3, 0.4) is 0 Å². The Morgan fingerprint density at radius 3 is 1.86 bits per heavy atom. The Labute approximate surface area is 297 Å². The van der Waals surface area contributed by atoms with E-state index in [1.807, 2.05) is 12.1 Å². The predicted molar refractivity (Wildman–Crippen MR) is 205 cm³/mol. The van der Waals surface area contributed by atoms with Crippen LogP contribution in [0.4, 0.5) is 0 Å². The molecule has 0 radical (unpaired) electrons. The van der Waals surface area contributed by atoms with Gasteiger partial charge in [0.2, 0.25) is 0 Å². The molecule has 6 heteroatoms. The smallest absolute Gasteiger partial charge is 0.335 e. The summed E-state index contributed by atoms with van der Waals surface area (Å²) in [5, 5.41) is 9.43. The lowest BCUT2D eigenvalue weighted by Crippen LogP contribution is -2.17. The molecule has 3 aromatic carbocycles. The molecule has 0 fully saturated rings. The van der Waals surface area contributed by atoms with Crippen molar-refractivity contribution in [3.63, 3.8) is 0 Å². The van der Waals surface area contributed by atoms with E-state index in [1.165, 1.54) is 0 Å². The number of nitrogens with zero attached hydrogens (tertiary/aromatic N) is 2. The fourth-order valence-corrected chi connectivity index (χ4v) is 7.40. The van der Waals surface area contributed by atoms with Crippen molar-refractivity contribution in [1.29, 1.82) is 0 Å². The second kappa shape index (κ2) is 12.3. The summed E-state index contributed by atoms with van der Waals surface area (Å²) in [6, 6.07) is 38.3. The van der Waals surface area contributed by atoms with Crippen LogP contribution in [-0.2, 0) is 23.7 Å². The second-order valence-electron chi connectivity index (χ2n) is 14.7. The zero-order valence-electron chi connectivity index (χ0n) is 29.1. The lowest BCUT2D eigenvalue weighted by atomic mass is 9.82. The Morgan fingerprint density at radius 1 is 0.647 bits per heavy atom. The normalized spacial score (nSPS) is 14.4. The molecule has 8 bridgehead atoms. The molecule has 2 aliphatic rings. The molecule has 3 N–H and O–H groups in total. The highest BCUT2D eigenvalue weighted by Crippen LogP contribution is 2.42. The van der Waals surface area contributed by atoms with Gasteiger partial charge in [0.05, 0.1) is 33.7 Å². The maximum absolute atomic E-state index is 11.5. The number of carboxylic acids is 1. The Kier molecular flexibility index (Phi) is 7.72. The molecule has 250 valence electrons. The molecule has 6 aromatic rings. The number of nitrogens with one attached hydrogen (secondary N) is 2. The Hall–Kier alpha value is -6.19. The minimum absolute atomic E-state index is 0.218. The van der Waals surface area contributed by atoms with Crippen LogP contribution in [-0.4, -0.2) is 31.0 Å². The van der Waals surface area contributed by atoms with Crippen LogP contribution >= 0.6 is 0 Å². The van der Waals surface area contributed by atoms with Crippen LogP contribution in [0.25, 0.3) is 44.3 Å². The number of H-pyrrole nitrogens is 2. The average Bonchev–Trinajstić information content (AvgIpc) is 3.90. The molecule has 0 unspecified atom stereocenters. The lowest BCUT2D eigenvalue weighted by molar-refractivity contribution is 0.0697. The number of hydrogen-bond acceptors (Lipinski definition) is 3. The van der Waals surface area contributed by atoms with Gasteiger partial charge >= 0.3 is 5.97 Å². The van der Waals surface area contributed by atoms with Crippen LogP contribution in [0, 0.1) is 11.8 Å². The van der Waals surface area contributed by atoms with Crippen molar-refractivity contribution in [3.8, 4) is 34.1 Å². The Balaban J connectivity index is 1.52. The number of hydrogen-bond donors (Lipinski definition) is 3. The summed E-state index contributed by atoms with van der Waals surface area (Å²) in [6.07, 6.45) is 1.48. The van der Waals surface area contributed by atoms with Gasteiger partial charge in [-0.3, -0.25) is 9.97 Å². The average molecular weight is 667 g/mol. The third-order valence-electron chi connectivity index (χ3n) is 9.89. The van der Waals surface area contributed by atoms with E-state index in [4.69, 9.17) is 9.97 Å². The van der Waals surface area contributed by atoms with Crippen LogP contribution < -0.4 is 0 Å². The van der Waals surface area contributed by atoms with E-state index in [2.05, 4.69) is 128 Å². The largest absolute Gasteiger partial charge is 0.478 e. The first-order chi connectivity index (χ1) is 24.6. The molecule has 0 aliphatic carbocycles. The first-order valence-electron chi connectivity index (χ1n) is 17.3. The van der Waals surface area contributed by atoms with E-state index in [-0.39, 0.29) is 16.4 Å². The van der Waals surface area contributed by atoms with Gasteiger partial charge in [-0.2, -0.15) is 0 Å².